The van der Waals surface area contributed by atoms with Crippen LogP contribution in [0, 0.1) is 11.8 Å². The predicted octanol–water partition coefficient (Wildman–Crippen LogP) is 4.45. The topological polar surface area (TPSA) is 20.8 Å². The highest BCUT2D eigenvalue weighted by atomic mass is 35.5. The Morgan fingerprint density at radius 2 is 2.04 bits per heavy atom. The third-order valence-corrected chi connectivity index (χ3v) is 7.07. The average Bonchev–Trinajstić information content (AvgIpc) is 2.99. The number of hydrogen-bond acceptors (Lipinski definition) is 1. The van der Waals surface area contributed by atoms with Crippen molar-refractivity contribution in [3.05, 3.63) is 41.2 Å². The number of nitrogens with zero attached hydrogens (tertiary/aromatic N) is 3. The Morgan fingerprint density at radius 3 is 2.84 bits per heavy atom. The Kier molecular flexibility index (Phi) is 3.40. The molecule has 130 valence electrons. The van der Waals surface area contributed by atoms with Crippen molar-refractivity contribution in [2.45, 2.75) is 51.1 Å². The first kappa shape index (κ1) is 15.6. The minimum absolute atomic E-state index is 0.558. The van der Waals surface area contributed by atoms with Crippen molar-refractivity contribution in [1.82, 2.24) is 9.55 Å². The summed E-state index contributed by atoms with van der Waals surface area (Å²) in [6.45, 7) is 4.77. The van der Waals surface area contributed by atoms with Gasteiger partial charge in [-0.3, -0.25) is 0 Å². The number of aromatic nitrogens is 2. The summed E-state index contributed by atoms with van der Waals surface area (Å²) in [4.78, 5) is 4.98. The van der Waals surface area contributed by atoms with Gasteiger partial charge in [0.05, 0.1) is 17.0 Å². The first-order valence-corrected chi connectivity index (χ1v) is 9.85. The molecule has 1 aromatic heterocycles. The van der Waals surface area contributed by atoms with Crippen molar-refractivity contribution >= 4 is 28.3 Å². The average molecular weight is 355 g/mol. The molecule has 2 aromatic rings. The van der Waals surface area contributed by atoms with Crippen molar-refractivity contribution in [1.29, 1.82) is 0 Å². The third kappa shape index (κ3) is 2.25. The molecular weight excluding hydrogens is 330 g/mol. The van der Waals surface area contributed by atoms with E-state index in [1.807, 2.05) is 0 Å². The van der Waals surface area contributed by atoms with Gasteiger partial charge in [0.25, 0.3) is 0 Å². The van der Waals surface area contributed by atoms with Gasteiger partial charge in [-0.05, 0) is 31.9 Å². The summed E-state index contributed by atoms with van der Waals surface area (Å²) in [6.07, 6.45) is 5.59. The second-order valence-corrected chi connectivity index (χ2v) is 8.63. The van der Waals surface area contributed by atoms with Crippen LogP contribution < -0.4 is 0 Å². The van der Waals surface area contributed by atoms with Crippen LogP contribution in [-0.4, -0.2) is 31.9 Å². The van der Waals surface area contributed by atoms with E-state index in [4.69, 9.17) is 16.6 Å². The highest BCUT2D eigenvalue weighted by Gasteiger charge is 2.67. The van der Waals surface area contributed by atoms with E-state index in [0.717, 1.165) is 23.4 Å². The van der Waals surface area contributed by atoms with E-state index in [-0.39, 0.29) is 0 Å². The van der Waals surface area contributed by atoms with Crippen molar-refractivity contribution in [3.63, 3.8) is 0 Å². The molecular formula is C21H25ClN3+. The molecule has 0 amide bonds. The molecule has 0 bridgehead atoms. The normalized spacial score (nSPS) is 34.4. The van der Waals surface area contributed by atoms with Crippen LogP contribution in [0.15, 0.2) is 35.4 Å². The lowest BCUT2D eigenvalue weighted by Gasteiger charge is -2.22. The maximum absolute atomic E-state index is 6.46. The van der Waals surface area contributed by atoms with Crippen LogP contribution in [0.1, 0.15) is 44.9 Å². The summed E-state index contributed by atoms with van der Waals surface area (Å²) >= 11 is 6.46. The standard InChI is InChI=1S/C21H25ClN3/c1-12-8-9-14(22)10-15-11-16-19(20(16)25(15)13(12)2)21-23-17-6-4-5-7-18(17)24(21)3/h4-7,10,12-13,16,19-20H,8-9,11H2,1-3H3/q+1. The Labute approximate surface area is 154 Å². The van der Waals surface area contributed by atoms with E-state index in [1.54, 1.807) is 0 Å². The maximum atomic E-state index is 6.46. The molecule has 25 heavy (non-hydrogen) atoms. The van der Waals surface area contributed by atoms with Gasteiger partial charge in [-0.1, -0.05) is 30.7 Å². The molecule has 4 heteroatoms. The Balaban J connectivity index is 1.55. The zero-order valence-corrected chi connectivity index (χ0v) is 15.9. The van der Waals surface area contributed by atoms with Gasteiger partial charge in [0, 0.05) is 36.4 Å². The highest BCUT2D eigenvalue weighted by molar-refractivity contribution is 6.31. The molecule has 2 aliphatic heterocycles. The van der Waals surface area contributed by atoms with Gasteiger partial charge in [-0.2, -0.15) is 0 Å². The lowest BCUT2D eigenvalue weighted by molar-refractivity contribution is -0.581. The summed E-state index contributed by atoms with van der Waals surface area (Å²) < 4.78 is 4.99. The predicted molar refractivity (Wildman–Crippen MR) is 102 cm³/mol. The molecule has 3 heterocycles. The molecule has 0 N–H and O–H groups in total. The Hall–Kier alpha value is -1.61. The Morgan fingerprint density at radius 1 is 1.24 bits per heavy atom. The van der Waals surface area contributed by atoms with Gasteiger partial charge in [-0.25, -0.2) is 9.56 Å². The zero-order valence-electron chi connectivity index (χ0n) is 15.1. The number of fused-ring (bicyclic) bond motifs is 3. The molecule has 5 rings (SSSR count). The third-order valence-electron chi connectivity index (χ3n) is 6.77. The number of aryl methyl sites for hydroxylation is 1. The molecule has 3 nitrogen and oxygen atoms in total. The lowest BCUT2D eigenvalue weighted by atomic mass is 9.95. The number of imidazole rings is 1. The van der Waals surface area contributed by atoms with Gasteiger partial charge >= 0.3 is 0 Å². The van der Waals surface area contributed by atoms with Crippen LogP contribution in [0.2, 0.25) is 0 Å². The first-order valence-electron chi connectivity index (χ1n) is 9.48. The molecule has 1 aliphatic carbocycles. The van der Waals surface area contributed by atoms with Crippen LogP contribution in [0.25, 0.3) is 11.0 Å². The fourth-order valence-electron chi connectivity index (χ4n) is 5.13. The van der Waals surface area contributed by atoms with Crippen LogP contribution in [-0.2, 0) is 7.05 Å². The van der Waals surface area contributed by atoms with Crippen molar-refractivity contribution in [2.75, 3.05) is 0 Å². The van der Waals surface area contributed by atoms with Gasteiger partial charge in [0.15, 0.2) is 17.8 Å². The van der Waals surface area contributed by atoms with Crippen LogP contribution >= 0.6 is 11.6 Å². The highest BCUT2D eigenvalue weighted by Crippen LogP contribution is 2.56. The summed E-state index contributed by atoms with van der Waals surface area (Å²) in [5, 5.41) is 1.03. The van der Waals surface area contributed by atoms with Crippen molar-refractivity contribution in [3.8, 4) is 0 Å². The van der Waals surface area contributed by atoms with E-state index < -0.39 is 0 Å². The molecule has 0 radical (unpaired) electrons. The minimum atomic E-state index is 0.558. The lowest BCUT2D eigenvalue weighted by Crippen LogP contribution is -2.35. The van der Waals surface area contributed by atoms with Crippen molar-refractivity contribution in [2.24, 2.45) is 18.9 Å². The number of rotatable bonds is 1. The maximum Gasteiger partial charge on any atom is 0.178 e. The van der Waals surface area contributed by atoms with Crippen molar-refractivity contribution < 1.29 is 4.58 Å². The van der Waals surface area contributed by atoms with E-state index in [1.165, 1.54) is 23.5 Å². The summed E-state index contributed by atoms with van der Waals surface area (Å²) in [5.74, 6) is 3.17. The number of allylic oxidation sites excluding steroid dienone is 2. The van der Waals surface area contributed by atoms with E-state index in [2.05, 4.69) is 60.4 Å². The summed E-state index contributed by atoms with van der Waals surface area (Å²) in [5.41, 5.74) is 3.81. The molecule has 5 atom stereocenters. The van der Waals surface area contributed by atoms with Crippen LogP contribution in [0.4, 0.5) is 0 Å². The number of halogens is 1. The second-order valence-electron chi connectivity index (χ2n) is 8.15. The van der Waals surface area contributed by atoms with Crippen LogP contribution in [0.5, 0.6) is 0 Å². The van der Waals surface area contributed by atoms with Gasteiger partial charge < -0.3 is 4.57 Å². The number of para-hydroxylation sites is 2. The quantitative estimate of drug-likeness (QED) is 0.693. The van der Waals surface area contributed by atoms with Gasteiger partial charge in [0.2, 0.25) is 0 Å². The largest absolute Gasteiger partial charge is 0.331 e. The monoisotopic (exact) mass is 354 g/mol. The first-order chi connectivity index (χ1) is 12.1. The molecule has 3 aliphatic rings. The summed E-state index contributed by atoms with van der Waals surface area (Å²) in [6, 6.07) is 9.64. The number of benzene rings is 1. The molecule has 5 unspecified atom stereocenters. The fraction of sp³-hybridized carbons (Fsp3) is 0.524. The van der Waals surface area contributed by atoms with E-state index in [9.17, 15) is 0 Å². The summed E-state index contributed by atoms with van der Waals surface area (Å²) in [7, 11) is 2.17. The van der Waals surface area contributed by atoms with Crippen LogP contribution in [0.3, 0.4) is 0 Å². The molecule has 1 saturated carbocycles. The minimum Gasteiger partial charge on any atom is -0.331 e. The fourth-order valence-corrected chi connectivity index (χ4v) is 5.36. The Bertz CT molecular complexity index is 922. The van der Waals surface area contributed by atoms with E-state index >= 15 is 0 Å². The molecule has 1 fully saturated rings. The van der Waals surface area contributed by atoms with Gasteiger partial charge in [-0.15, -0.1) is 0 Å². The molecule has 0 spiro atoms. The SMILES string of the molecule is CC1CCC(Cl)=CC2=[N+](C1C)C1C(C2)C1c1nc2ccccc2n1C. The number of hydrogen-bond donors (Lipinski definition) is 0. The second kappa shape index (κ2) is 5.44. The smallest absolute Gasteiger partial charge is 0.178 e. The van der Waals surface area contributed by atoms with E-state index in [0.29, 0.717) is 29.8 Å². The van der Waals surface area contributed by atoms with Gasteiger partial charge in [0.1, 0.15) is 5.82 Å². The zero-order chi connectivity index (χ0) is 17.3. The molecule has 0 saturated heterocycles. The molecule has 1 aromatic carbocycles.